The van der Waals surface area contributed by atoms with Gasteiger partial charge in [-0.05, 0) is 48.0 Å². The van der Waals surface area contributed by atoms with Gasteiger partial charge in [0.1, 0.15) is 11.9 Å². The quantitative estimate of drug-likeness (QED) is 0.636. The van der Waals surface area contributed by atoms with Gasteiger partial charge in [-0.25, -0.2) is 0 Å². The van der Waals surface area contributed by atoms with Gasteiger partial charge in [0.15, 0.2) is 11.5 Å². The number of hydrogen-bond acceptors (Lipinski definition) is 6. The fourth-order valence-corrected chi connectivity index (χ4v) is 3.59. The number of carbonyl (C=O) groups is 1. The van der Waals surface area contributed by atoms with Gasteiger partial charge in [0.2, 0.25) is 12.7 Å². The normalized spacial score (nSPS) is 13.8. The topological polar surface area (TPSA) is 80.9 Å². The molecular formula is C20H17NO5S. The molecule has 0 saturated carbocycles. The molecule has 0 radical (unpaired) electrons. The zero-order valence-corrected chi connectivity index (χ0v) is 15.1. The lowest BCUT2D eigenvalue weighted by molar-refractivity contribution is -0.116. The molecule has 3 aromatic rings. The van der Waals surface area contributed by atoms with Crippen molar-refractivity contribution in [2.45, 2.75) is 6.10 Å². The molecule has 3 heterocycles. The largest absolute Gasteiger partial charge is 0.464 e. The van der Waals surface area contributed by atoms with E-state index in [0.29, 0.717) is 11.5 Å². The highest BCUT2D eigenvalue weighted by Crippen LogP contribution is 2.33. The fraction of sp³-hybridized carbons (Fsp3) is 0.150. The minimum absolute atomic E-state index is 0.127. The molecule has 1 aromatic carbocycles. The summed E-state index contributed by atoms with van der Waals surface area (Å²) in [6.07, 6.45) is 3.94. The molecule has 2 N–H and O–H groups in total. The number of fused-ring (bicyclic) bond motifs is 1. The van der Waals surface area contributed by atoms with Crippen LogP contribution in [0.4, 0.5) is 0 Å². The molecule has 0 spiro atoms. The molecule has 0 saturated heterocycles. The second-order valence-electron chi connectivity index (χ2n) is 5.89. The van der Waals surface area contributed by atoms with Crippen LogP contribution in [0.5, 0.6) is 11.5 Å². The third kappa shape index (κ3) is 4.05. The summed E-state index contributed by atoms with van der Waals surface area (Å²) >= 11 is 1.43. The van der Waals surface area contributed by atoms with Crippen LogP contribution < -0.4 is 14.8 Å². The van der Waals surface area contributed by atoms with Crippen LogP contribution in [-0.4, -0.2) is 24.4 Å². The maximum Gasteiger partial charge on any atom is 0.244 e. The average Bonchev–Trinajstić information content (AvgIpc) is 3.44. The molecule has 0 bridgehead atoms. The lowest BCUT2D eigenvalue weighted by atomic mass is 10.2. The molecule has 6 nitrogen and oxygen atoms in total. The summed E-state index contributed by atoms with van der Waals surface area (Å²) in [5, 5.41) is 13.0. The highest BCUT2D eigenvalue weighted by Gasteiger charge is 2.14. The highest BCUT2D eigenvalue weighted by atomic mass is 32.1. The van der Waals surface area contributed by atoms with Crippen molar-refractivity contribution < 1.29 is 23.8 Å². The van der Waals surface area contributed by atoms with E-state index in [1.54, 1.807) is 18.4 Å². The summed E-state index contributed by atoms with van der Waals surface area (Å²) in [6, 6.07) is 12.9. The SMILES string of the molecule is O=C(/C=C/c1ccc2c(c1)OCO2)NCC(O)c1ccc(-c2ccco2)s1. The molecule has 138 valence electrons. The zero-order chi connectivity index (χ0) is 18.6. The van der Waals surface area contributed by atoms with Crippen molar-refractivity contribution in [1.82, 2.24) is 5.32 Å². The van der Waals surface area contributed by atoms with Crippen molar-refractivity contribution in [1.29, 1.82) is 0 Å². The molecule has 0 aliphatic carbocycles. The average molecular weight is 383 g/mol. The van der Waals surface area contributed by atoms with Gasteiger partial charge in [0.05, 0.1) is 11.1 Å². The lowest BCUT2D eigenvalue weighted by Crippen LogP contribution is -2.26. The summed E-state index contributed by atoms with van der Waals surface area (Å²) in [6.45, 7) is 0.341. The van der Waals surface area contributed by atoms with E-state index < -0.39 is 6.10 Å². The summed E-state index contributed by atoms with van der Waals surface area (Å²) in [5.41, 5.74) is 0.830. The van der Waals surface area contributed by atoms with E-state index in [1.807, 2.05) is 36.4 Å². The van der Waals surface area contributed by atoms with Crippen molar-refractivity contribution in [3.8, 4) is 22.1 Å². The number of rotatable bonds is 6. The third-order valence-corrected chi connectivity index (χ3v) is 5.21. The van der Waals surface area contributed by atoms with Gasteiger partial charge in [-0.2, -0.15) is 0 Å². The standard InChI is InChI=1S/C20H17NO5S/c22-14(18-6-7-19(27-18)16-2-1-9-24-16)11-21-20(23)8-4-13-3-5-15-17(10-13)26-12-25-15/h1-10,14,22H,11-12H2,(H,21,23)/b8-4+. The minimum Gasteiger partial charge on any atom is -0.464 e. The lowest BCUT2D eigenvalue weighted by Gasteiger charge is -2.08. The van der Waals surface area contributed by atoms with Gasteiger partial charge in [0, 0.05) is 17.5 Å². The predicted octanol–water partition coefficient (Wildman–Crippen LogP) is 3.60. The van der Waals surface area contributed by atoms with Crippen LogP contribution >= 0.6 is 11.3 Å². The first-order valence-corrected chi connectivity index (χ1v) is 9.18. The Balaban J connectivity index is 1.31. The van der Waals surface area contributed by atoms with Crippen LogP contribution in [-0.2, 0) is 4.79 Å². The monoisotopic (exact) mass is 383 g/mol. The van der Waals surface area contributed by atoms with Crippen LogP contribution in [0.25, 0.3) is 16.7 Å². The molecule has 7 heteroatoms. The number of amides is 1. The van der Waals surface area contributed by atoms with Gasteiger partial charge in [0.25, 0.3) is 0 Å². The third-order valence-electron chi connectivity index (χ3n) is 4.01. The number of aliphatic hydroxyl groups excluding tert-OH is 1. The molecule has 1 amide bonds. The maximum atomic E-state index is 12.0. The van der Waals surface area contributed by atoms with E-state index >= 15 is 0 Å². The Kier molecular flexibility index (Phi) is 4.95. The van der Waals surface area contributed by atoms with E-state index in [1.165, 1.54) is 17.4 Å². The Morgan fingerprint density at radius 2 is 2.11 bits per heavy atom. The number of nitrogens with one attached hydrogen (secondary N) is 1. The van der Waals surface area contributed by atoms with Crippen molar-refractivity contribution >= 4 is 23.3 Å². The highest BCUT2D eigenvalue weighted by molar-refractivity contribution is 7.15. The van der Waals surface area contributed by atoms with Crippen LogP contribution in [0.15, 0.2) is 59.2 Å². The van der Waals surface area contributed by atoms with Gasteiger partial charge >= 0.3 is 0 Å². The molecule has 1 atom stereocenters. The number of ether oxygens (including phenoxy) is 2. The molecule has 4 rings (SSSR count). The summed E-state index contributed by atoms with van der Waals surface area (Å²) in [7, 11) is 0. The summed E-state index contributed by atoms with van der Waals surface area (Å²) in [4.78, 5) is 13.7. The number of benzene rings is 1. The van der Waals surface area contributed by atoms with Crippen molar-refractivity contribution in [2.24, 2.45) is 0 Å². The molecule has 2 aromatic heterocycles. The number of aliphatic hydroxyl groups is 1. The first-order valence-electron chi connectivity index (χ1n) is 8.36. The van der Waals surface area contributed by atoms with E-state index in [2.05, 4.69) is 5.32 Å². The Bertz CT molecular complexity index is 961. The smallest absolute Gasteiger partial charge is 0.244 e. The Labute approximate surface area is 159 Å². The summed E-state index contributed by atoms with van der Waals surface area (Å²) in [5.74, 6) is 1.84. The van der Waals surface area contributed by atoms with Gasteiger partial charge in [-0.1, -0.05) is 6.07 Å². The first kappa shape index (κ1) is 17.4. The maximum absolute atomic E-state index is 12.0. The molecule has 0 fully saturated rings. The van der Waals surface area contributed by atoms with Crippen LogP contribution in [0.2, 0.25) is 0 Å². The first-order chi connectivity index (χ1) is 13.2. The Morgan fingerprint density at radius 3 is 2.96 bits per heavy atom. The van der Waals surface area contributed by atoms with E-state index in [0.717, 1.165) is 21.1 Å². The Morgan fingerprint density at radius 1 is 1.22 bits per heavy atom. The molecular weight excluding hydrogens is 366 g/mol. The van der Waals surface area contributed by atoms with Crippen LogP contribution in [0.1, 0.15) is 16.5 Å². The second kappa shape index (κ2) is 7.69. The van der Waals surface area contributed by atoms with Gasteiger partial charge in [-0.15, -0.1) is 11.3 Å². The van der Waals surface area contributed by atoms with Gasteiger partial charge < -0.3 is 24.3 Å². The van der Waals surface area contributed by atoms with Crippen molar-refractivity contribution in [3.05, 3.63) is 65.2 Å². The second-order valence-corrected chi connectivity index (χ2v) is 7.00. The fourth-order valence-electron chi connectivity index (χ4n) is 2.63. The number of thiophene rings is 1. The number of carbonyl (C=O) groups excluding carboxylic acids is 1. The predicted molar refractivity (Wildman–Crippen MR) is 102 cm³/mol. The van der Waals surface area contributed by atoms with E-state index in [4.69, 9.17) is 13.9 Å². The number of hydrogen-bond donors (Lipinski definition) is 2. The van der Waals surface area contributed by atoms with Crippen LogP contribution in [0.3, 0.4) is 0 Å². The van der Waals surface area contributed by atoms with Crippen molar-refractivity contribution in [3.63, 3.8) is 0 Å². The molecule has 1 aliphatic heterocycles. The van der Waals surface area contributed by atoms with Crippen molar-refractivity contribution in [2.75, 3.05) is 13.3 Å². The molecule has 1 aliphatic rings. The Hall–Kier alpha value is -3.03. The van der Waals surface area contributed by atoms with Crippen LogP contribution in [0, 0.1) is 0 Å². The zero-order valence-electron chi connectivity index (χ0n) is 14.3. The molecule has 1 unspecified atom stereocenters. The van der Waals surface area contributed by atoms with E-state index in [-0.39, 0.29) is 19.2 Å². The van der Waals surface area contributed by atoms with Gasteiger partial charge in [-0.3, -0.25) is 4.79 Å². The summed E-state index contributed by atoms with van der Waals surface area (Å²) < 4.78 is 15.9. The minimum atomic E-state index is -0.776. The van der Waals surface area contributed by atoms with E-state index in [9.17, 15) is 9.90 Å². The molecule has 27 heavy (non-hydrogen) atoms. The number of furan rings is 1.